The van der Waals surface area contributed by atoms with Crippen molar-refractivity contribution in [2.24, 2.45) is 0 Å². The molecule has 0 radical (unpaired) electrons. The van der Waals surface area contributed by atoms with Crippen LogP contribution < -0.4 is 0 Å². The van der Waals surface area contributed by atoms with E-state index in [1.165, 1.54) is 11.8 Å². The molecule has 1 saturated heterocycles. The molecule has 0 spiro atoms. The largest absolute Gasteiger partial charge is 0.420 e. The van der Waals surface area contributed by atoms with E-state index in [1.54, 1.807) is 23.5 Å². The number of thiophene rings is 1. The molecule has 4 heterocycles. The minimum Gasteiger partial charge on any atom is -0.420 e. The molecule has 0 saturated carbocycles. The monoisotopic (exact) mass is 459 g/mol. The van der Waals surface area contributed by atoms with E-state index in [2.05, 4.69) is 31.0 Å². The molecule has 30 heavy (non-hydrogen) atoms. The molecule has 1 aliphatic heterocycles. The summed E-state index contributed by atoms with van der Waals surface area (Å²) in [6, 6.07) is 11.4. The van der Waals surface area contributed by atoms with Crippen molar-refractivity contribution in [3.8, 4) is 22.2 Å². The Morgan fingerprint density at radius 3 is 2.80 bits per heavy atom. The number of hydrogen-bond donors (Lipinski definition) is 0. The van der Waals surface area contributed by atoms with Crippen molar-refractivity contribution < 1.29 is 9.15 Å². The molecule has 0 aliphatic carbocycles. The molecule has 0 bridgehead atoms. The summed E-state index contributed by atoms with van der Waals surface area (Å²) in [6.07, 6.45) is 2.35. The lowest BCUT2D eigenvalue weighted by Gasteiger charge is -2.13. The number of rotatable bonds is 7. The normalized spacial score (nSPS) is 16.4. The van der Waals surface area contributed by atoms with Crippen molar-refractivity contribution in [2.75, 3.05) is 6.61 Å². The van der Waals surface area contributed by atoms with Gasteiger partial charge in [0.25, 0.3) is 0 Å². The Kier molecular flexibility index (Phi) is 5.85. The second-order valence-electron chi connectivity index (χ2n) is 6.83. The maximum absolute atomic E-state index is 5.94. The van der Waals surface area contributed by atoms with Gasteiger partial charge in [-0.05, 0) is 48.6 Å². The van der Waals surface area contributed by atoms with Crippen molar-refractivity contribution in [1.82, 2.24) is 25.0 Å². The highest BCUT2D eigenvalue weighted by atomic mass is 35.5. The van der Waals surface area contributed by atoms with Gasteiger partial charge in [-0.15, -0.1) is 31.7 Å². The molecule has 1 atom stereocenters. The summed E-state index contributed by atoms with van der Waals surface area (Å²) in [6.45, 7) is 1.56. The second kappa shape index (κ2) is 8.89. The first-order valence-corrected chi connectivity index (χ1v) is 11.8. The van der Waals surface area contributed by atoms with Gasteiger partial charge in [-0.2, -0.15) is 0 Å². The highest BCUT2D eigenvalue weighted by Crippen LogP contribution is 2.30. The highest BCUT2D eigenvalue weighted by Gasteiger charge is 2.22. The van der Waals surface area contributed by atoms with Gasteiger partial charge in [0.05, 0.1) is 23.3 Å². The lowest BCUT2D eigenvalue weighted by molar-refractivity contribution is 0.0953. The maximum Gasteiger partial charge on any atom is 0.247 e. The van der Waals surface area contributed by atoms with Gasteiger partial charge in [0, 0.05) is 17.2 Å². The van der Waals surface area contributed by atoms with E-state index in [0.717, 1.165) is 47.4 Å². The van der Waals surface area contributed by atoms with E-state index in [1.807, 2.05) is 23.6 Å². The Morgan fingerprint density at radius 2 is 2.03 bits per heavy atom. The summed E-state index contributed by atoms with van der Waals surface area (Å²) in [7, 11) is 0. The Labute approximate surface area is 186 Å². The molecule has 7 nitrogen and oxygen atoms in total. The third-order valence-corrected chi connectivity index (χ3v) is 6.82. The van der Waals surface area contributed by atoms with Gasteiger partial charge in [0.15, 0.2) is 11.0 Å². The van der Waals surface area contributed by atoms with Gasteiger partial charge >= 0.3 is 0 Å². The van der Waals surface area contributed by atoms with Crippen LogP contribution in [0.15, 0.2) is 51.4 Å². The minimum absolute atomic E-state index is 0.193. The molecule has 0 unspecified atom stereocenters. The number of ether oxygens (including phenoxy) is 1. The van der Waals surface area contributed by atoms with Crippen LogP contribution in [0.3, 0.4) is 0 Å². The van der Waals surface area contributed by atoms with E-state index < -0.39 is 0 Å². The quantitative estimate of drug-likeness (QED) is 0.352. The lowest BCUT2D eigenvalue weighted by atomic mass is 10.2. The SMILES string of the molecule is Clc1ccc(-c2nnc(CSc3nnc(-c4cccs4)n3C[C@@H]3CCCO3)o2)cc1. The molecule has 0 amide bonds. The first-order valence-electron chi connectivity index (χ1n) is 9.56. The van der Waals surface area contributed by atoms with Crippen molar-refractivity contribution in [1.29, 1.82) is 0 Å². The van der Waals surface area contributed by atoms with Crippen LogP contribution in [-0.4, -0.2) is 37.7 Å². The van der Waals surface area contributed by atoms with Gasteiger partial charge in [-0.25, -0.2) is 0 Å². The molecular formula is C20H18ClN5O2S2. The fourth-order valence-corrected chi connectivity index (χ4v) is 4.92. The van der Waals surface area contributed by atoms with Crippen LogP contribution >= 0.6 is 34.7 Å². The fourth-order valence-electron chi connectivity index (χ4n) is 3.29. The van der Waals surface area contributed by atoms with Crippen molar-refractivity contribution in [2.45, 2.75) is 36.4 Å². The second-order valence-corrected chi connectivity index (χ2v) is 9.15. The number of benzene rings is 1. The van der Waals surface area contributed by atoms with E-state index in [0.29, 0.717) is 22.6 Å². The van der Waals surface area contributed by atoms with Crippen LogP contribution in [0.5, 0.6) is 0 Å². The Balaban J connectivity index is 1.34. The number of halogens is 1. The molecule has 154 valence electrons. The average molecular weight is 460 g/mol. The molecule has 3 aromatic heterocycles. The molecule has 1 aliphatic rings. The predicted molar refractivity (Wildman–Crippen MR) is 117 cm³/mol. The van der Waals surface area contributed by atoms with Gasteiger partial charge in [0.1, 0.15) is 0 Å². The van der Waals surface area contributed by atoms with Gasteiger partial charge < -0.3 is 9.15 Å². The summed E-state index contributed by atoms with van der Waals surface area (Å²) in [5, 5.41) is 20.7. The molecule has 4 aromatic rings. The number of hydrogen-bond acceptors (Lipinski definition) is 8. The minimum atomic E-state index is 0.193. The fraction of sp³-hybridized carbons (Fsp3) is 0.300. The Morgan fingerprint density at radius 1 is 1.13 bits per heavy atom. The van der Waals surface area contributed by atoms with Crippen LogP contribution in [0.25, 0.3) is 22.2 Å². The van der Waals surface area contributed by atoms with Gasteiger partial charge in [-0.3, -0.25) is 4.57 Å². The Hall–Kier alpha value is -2.20. The first-order chi connectivity index (χ1) is 14.8. The van der Waals surface area contributed by atoms with E-state index >= 15 is 0 Å². The molecular weight excluding hydrogens is 442 g/mol. The topological polar surface area (TPSA) is 78.9 Å². The van der Waals surface area contributed by atoms with Crippen molar-refractivity contribution in [3.05, 3.63) is 52.7 Å². The summed E-state index contributed by atoms with van der Waals surface area (Å²) in [4.78, 5) is 1.09. The van der Waals surface area contributed by atoms with Crippen LogP contribution in [0.2, 0.25) is 5.02 Å². The Bertz CT molecular complexity index is 1100. The number of nitrogens with zero attached hydrogens (tertiary/aromatic N) is 5. The lowest BCUT2D eigenvalue weighted by Crippen LogP contribution is -2.16. The molecule has 5 rings (SSSR count). The van der Waals surface area contributed by atoms with Crippen LogP contribution in [0, 0.1) is 0 Å². The summed E-state index contributed by atoms with van der Waals surface area (Å²) < 4.78 is 13.8. The average Bonchev–Trinajstić information content (AvgIpc) is 3.55. The number of aromatic nitrogens is 5. The van der Waals surface area contributed by atoms with E-state index in [4.69, 9.17) is 20.8 Å². The molecule has 10 heteroatoms. The number of thioether (sulfide) groups is 1. The van der Waals surface area contributed by atoms with E-state index in [-0.39, 0.29) is 6.10 Å². The third-order valence-electron chi connectivity index (χ3n) is 4.75. The standard InChI is InChI=1S/C20H18ClN5O2S2/c21-14-7-5-13(6-8-14)19-24-22-17(28-19)12-30-20-25-23-18(16-4-2-10-29-16)26(20)11-15-3-1-9-27-15/h2,4-8,10,15H,1,3,9,11-12H2/t15-/m0/s1. The summed E-state index contributed by atoms with van der Waals surface area (Å²) in [5.74, 6) is 2.39. The third kappa shape index (κ3) is 4.29. The first kappa shape index (κ1) is 19.7. The van der Waals surface area contributed by atoms with Gasteiger partial charge in [0.2, 0.25) is 11.8 Å². The smallest absolute Gasteiger partial charge is 0.247 e. The van der Waals surface area contributed by atoms with Gasteiger partial charge in [-0.1, -0.05) is 29.4 Å². The van der Waals surface area contributed by atoms with Crippen molar-refractivity contribution >= 4 is 34.7 Å². The highest BCUT2D eigenvalue weighted by molar-refractivity contribution is 7.98. The maximum atomic E-state index is 5.94. The van der Waals surface area contributed by atoms with E-state index in [9.17, 15) is 0 Å². The zero-order valence-electron chi connectivity index (χ0n) is 15.9. The predicted octanol–water partition coefficient (Wildman–Crippen LogP) is 5.18. The van der Waals surface area contributed by atoms with Crippen molar-refractivity contribution in [3.63, 3.8) is 0 Å². The molecule has 1 fully saturated rings. The van der Waals surface area contributed by atoms with Crippen LogP contribution in [0.1, 0.15) is 18.7 Å². The zero-order valence-corrected chi connectivity index (χ0v) is 18.3. The molecule has 1 aromatic carbocycles. The zero-order chi connectivity index (χ0) is 20.3. The van der Waals surface area contributed by atoms with Crippen LogP contribution in [-0.2, 0) is 17.0 Å². The molecule has 0 N–H and O–H groups in total. The summed E-state index contributed by atoms with van der Waals surface area (Å²) >= 11 is 9.13. The van der Waals surface area contributed by atoms with Crippen LogP contribution in [0.4, 0.5) is 0 Å². The summed E-state index contributed by atoms with van der Waals surface area (Å²) in [5.41, 5.74) is 0.838.